The second-order valence-corrected chi connectivity index (χ2v) is 12.5. The number of fused-ring (bicyclic) bond motifs is 3. The first-order chi connectivity index (χ1) is 20.7. The molecule has 2 bridgehead atoms. The number of aromatic nitrogens is 1. The quantitative estimate of drug-likeness (QED) is 0.355. The molecule has 0 radical (unpaired) electrons. The summed E-state index contributed by atoms with van der Waals surface area (Å²) >= 11 is 12.1. The van der Waals surface area contributed by atoms with Crippen LogP contribution in [0.2, 0.25) is 10.0 Å². The van der Waals surface area contributed by atoms with E-state index in [1.54, 1.807) is 29.2 Å². The van der Waals surface area contributed by atoms with Crippen molar-refractivity contribution in [1.29, 1.82) is 0 Å². The largest absolute Gasteiger partial charge is 0.480 e. The van der Waals surface area contributed by atoms with E-state index in [9.17, 15) is 24.3 Å². The van der Waals surface area contributed by atoms with E-state index in [2.05, 4.69) is 20.5 Å². The number of aliphatic carboxylic acids is 1. The number of nitrogens with zero attached hydrogens (tertiary/aromatic N) is 3. The molecule has 1 saturated carbocycles. The monoisotopic (exact) mass is 629 g/mol. The highest BCUT2D eigenvalue weighted by molar-refractivity contribution is 6.40. The van der Waals surface area contributed by atoms with Crippen LogP contribution in [0.4, 0.5) is 5.69 Å². The Bertz CT molecular complexity index is 1320. The number of nitrogens with one attached hydrogen (secondary N) is 2. The summed E-state index contributed by atoms with van der Waals surface area (Å²) in [6.07, 6.45) is 10.1. The number of anilines is 1. The van der Waals surface area contributed by atoms with Crippen LogP contribution in [0.5, 0.6) is 0 Å². The lowest BCUT2D eigenvalue weighted by atomic mass is 9.74. The molecule has 2 aromatic rings. The maximum absolute atomic E-state index is 13.6. The van der Waals surface area contributed by atoms with Crippen LogP contribution in [0.25, 0.3) is 0 Å². The zero-order valence-electron chi connectivity index (χ0n) is 23.9. The number of halogens is 2. The molecule has 3 N–H and O–H groups in total. The van der Waals surface area contributed by atoms with Gasteiger partial charge in [-0.15, -0.1) is 0 Å². The van der Waals surface area contributed by atoms with Crippen molar-refractivity contribution < 1.29 is 24.3 Å². The molecule has 10 nitrogen and oxygen atoms in total. The van der Waals surface area contributed by atoms with Crippen LogP contribution in [0.3, 0.4) is 0 Å². The molecule has 1 aliphatic carbocycles. The Labute approximate surface area is 261 Å². The predicted molar refractivity (Wildman–Crippen MR) is 163 cm³/mol. The number of hydrogen-bond donors (Lipinski definition) is 3. The van der Waals surface area contributed by atoms with Crippen molar-refractivity contribution in [2.45, 2.75) is 75.9 Å². The van der Waals surface area contributed by atoms with Crippen LogP contribution in [0.1, 0.15) is 67.3 Å². The molecule has 4 aliphatic rings. The van der Waals surface area contributed by atoms with E-state index >= 15 is 0 Å². The van der Waals surface area contributed by atoms with Gasteiger partial charge in [-0.1, -0.05) is 41.8 Å². The van der Waals surface area contributed by atoms with Crippen molar-refractivity contribution in [2.75, 3.05) is 25.0 Å². The number of piperidine rings is 3. The standard InChI is InChI=1S/C31H37Cl2N5O5/c32-23-17-34-18-24(33)27(23)29(40)35-21-8-4-19(5-9-21)16-25(31(42)43)36-30(41)28-20-6-10-22(11-7-20)38(28)26(39)12-15-37-13-2-1-3-14-37/h4-5,8-9,17-18,20,22,25,28H,1-3,6-7,10-16H2,(H,35,40)(H,36,41)(H,42,43). The lowest BCUT2D eigenvalue weighted by Gasteiger charge is -2.50. The first-order valence-corrected chi connectivity index (χ1v) is 15.7. The third kappa shape index (κ3) is 7.48. The Kier molecular flexibility index (Phi) is 10.2. The molecule has 12 heteroatoms. The number of hydrogen-bond acceptors (Lipinski definition) is 6. The Balaban J connectivity index is 1.22. The average molecular weight is 631 g/mol. The molecule has 3 saturated heterocycles. The maximum Gasteiger partial charge on any atom is 0.326 e. The van der Waals surface area contributed by atoms with Gasteiger partial charge < -0.3 is 25.5 Å². The summed E-state index contributed by atoms with van der Waals surface area (Å²) in [7, 11) is 0. The number of amides is 3. The summed E-state index contributed by atoms with van der Waals surface area (Å²) in [4.78, 5) is 59.9. The third-order valence-electron chi connectivity index (χ3n) is 8.87. The minimum absolute atomic E-state index is 0.0148. The number of carboxylic acid groups (broad SMARTS) is 1. The van der Waals surface area contributed by atoms with Gasteiger partial charge in [0.25, 0.3) is 5.91 Å². The Morgan fingerprint density at radius 1 is 0.953 bits per heavy atom. The second kappa shape index (κ2) is 14.1. The van der Waals surface area contributed by atoms with Crippen LogP contribution in [0, 0.1) is 5.92 Å². The smallest absolute Gasteiger partial charge is 0.326 e. The van der Waals surface area contributed by atoms with Gasteiger partial charge in [-0.3, -0.25) is 19.4 Å². The van der Waals surface area contributed by atoms with E-state index in [1.165, 1.54) is 18.8 Å². The number of likely N-dealkylation sites (tertiary alicyclic amines) is 1. The van der Waals surface area contributed by atoms with Gasteiger partial charge in [-0.25, -0.2) is 4.79 Å². The predicted octanol–water partition coefficient (Wildman–Crippen LogP) is 4.40. The Morgan fingerprint density at radius 3 is 2.23 bits per heavy atom. The fourth-order valence-electron chi connectivity index (χ4n) is 6.65. The number of carbonyl (C=O) groups excluding carboxylic acids is 3. The van der Waals surface area contributed by atoms with Crippen molar-refractivity contribution in [1.82, 2.24) is 20.1 Å². The van der Waals surface area contributed by atoms with Gasteiger partial charge in [-0.2, -0.15) is 0 Å². The summed E-state index contributed by atoms with van der Waals surface area (Å²) in [6.45, 7) is 2.70. The van der Waals surface area contributed by atoms with Crippen molar-refractivity contribution >= 4 is 52.6 Å². The van der Waals surface area contributed by atoms with E-state index in [4.69, 9.17) is 23.2 Å². The van der Waals surface area contributed by atoms with Gasteiger partial charge in [0.15, 0.2) is 0 Å². The molecule has 1 aromatic carbocycles. The molecule has 2 unspecified atom stereocenters. The van der Waals surface area contributed by atoms with Crippen LogP contribution in [-0.2, 0) is 20.8 Å². The molecular weight excluding hydrogens is 593 g/mol. The first-order valence-electron chi connectivity index (χ1n) is 15.0. The van der Waals surface area contributed by atoms with Crippen LogP contribution < -0.4 is 10.6 Å². The molecule has 4 fully saturated rings. The van der Waals surface area contributed by atoms with Gasteiger partial charge in [0.05, 0.1) is 15.6 Å². The zero-order valence-corrected chi connectivity index (χ0v) is 25.4. The molecule has 3 amide bonds. The molecule has 3 aliphatic heterocycles. The van der Waals surface area contributed by atoms with Gasteiger partial charge in [0.1, 0.15) is 12.1 Å². The number of rotatable bonds is 10. The van der Waals surface area contributed by atoms with Crippen LogP contribution in [-0.4, -0.2) is 81.3 Å². The zero-order chi connectivity index (χ0) is 30.5. The lowest BCUT2D eigenvalue weighted by molar-refractivity contribution is -0.155. The molecular formula is C31H37Cl2N5O5. The van der Waals surface area contributed by atoms with E-state index in [0.717, 1.165) is 51.6 Å². The van der Waals surface area contributed by atoms with Crippen molar-refractivity contribution in [3.8, 4) is 0 Å². The van der Waals surface area contributed by atoms with E-state index in [1.807, 2.05) is 0 Å². The average Bonchev–Trinajstić information content (AvgIpc) is 3.01. The van der Waals surface area contributed by atoms with Crippen LogP contribution >= 0.6 is 23.2 Å². The highest BCUT2D eigenvalue weighted by Gasteiger charge is 2.47. The summed E-state index contributed by atoms with van der Waals surface area (Å²) in [5, 5.41) is 15.7. The van der Waals surface area contributed by atoms with E-state index < -0.39 is 29.9 Å². The highest BCUT2D eigenvalue weighted by atomic mass is 35.5. The number of pyridine rings is 1. The minimum atomic E-state index is -1.17. The highest BCUT2D eigenvalue weighted by Crippen LogP contribution is 2.40. The number of carbonyl (C=O) groups is 4. The van der Waals surface area contributed by atoms with Gasteiger partial charge in [0.2, 0.25) is 11.8 Å². The lowest BCUT2D eigenvalue weighted by Crippen LogP contribution is -2.64. The third-order valence-corrected chi connectivity index (χ3v) is 9.45. The number of benzene rings is 1. The van der Waals surface area contributed by atoms with Gasteiger partial charge >= 0.3 is 5.97 Å². The SMILES string of the molecule is O=C(Nc1ccc(CC(NC(=O)C2C3CCC(CC3)N2C(=O)CCN2CCCCC2)C(=O)O)cc1)c1c(Cl)cncc1Cl. The fourth-order valence-corrected chi connectivity index (χ4v) is 7.19. The molecule has 6 rings (SSSR count). The first kappa shape index (κ1) is 31.2. The summed E-state index contributed by atoms with van der Waals surface area (Å²) < 4.78 is 0. The van der Waals surface area contributed by atoms with Gasteiger partial charge in [0, 0.05) is 43.5 Å². The van der Waals surface area contributed by atoms with E-state index in [-0.39, 0.29) is 39.9 Å². The summed E-state index contributed by atoms with van der Waals surface area (Å²) in [5.74, 6) is -2.04. The fraction of sp³-hybridized carbons (Fsp3) is 0.516. The second-order valence-electron chi connectivity index (χ2n) is 11.7. The molecule has 230 valence electrons. The summed E-state index contributed by atoms with van der Waals surface area (Å²) in [5.41, 5.74) is 1.22. The molecule has 0 spiro atoms. The normalized spacial score (nSPS) is 22.6. The maximum atomic E-state index is 13.6. The van der Waals surface area contributed by atoms with Crippen molar-refractivity contribution in [2.24, 2.45) is 5.92 Å². The number of carboxylic acids is 1. The van der Waals surface area contributed by atoms with Crippen LogP contribution in [0.15, 0.2) is 36.7 Å². The summed E-state index contributed by atoms with van der Waals surface area (Å²) in [6, 6.07) is 4.86. The molecule has 2 atom stereocenters. The topological polar surface area (TPSA) is 132 Å². The molecule has 43 heavy (non-hydrogen) atoms. The molecule has 4 heterocycles. The van der Waals surface area contributed by atoms with E-state index in [0.29, 0.717) is 24.2 Å². The Hall–Kier alpha value is -3.21. The van der Waals surface area contributed by atoms with Gasteiger partial charge in [-0.05, 0) is 75.2 Å². The molecule has 1 aromatic heterocycles. The van der Waals surface area contributed by atoms with Crippen molar-refractivity contribution in [3.05, 3.63) is 57.8 Å². The Morgan fingerprint density at radius 2 is 1.60 bits per heavy atom. The minimum Gasteiger partial charge on any atom is -0.480 e. The van der Waals surface area contributed by atoms with Crippen molar-refractivity contribution in [3.63, 3.8) is 0 Å².